The van der Waals surface area contributed by atoms with Crippen LogP contribution >= 0.6 is 0 Å². The van der Waals surface area contributed by atoms with Crippen molar-refractivity contribution in [1.29, 1.82) is 0 Å². The highest BCUT2D eigenvalue weighted by atomic mass is 16.2. The van der Waals surface area contributed by atoms with Gasteiger partial charge in [0.1, 0.15) is 5.65 Å². The fourth-order valence-electron chi connectivity index (χ4n) is 4.84. The Balaban J connectivity index is 1.63. The lowest BCUT2D eigenvalue weighted by molar-refractivity contribution is 0.198. The van der Waals surface area contributed by atoms with Gasteiger partial charge in [0.2, 0.25) is 0 Å². The van der Waals surface area contributed by atoms with E-state index in [1.165, 1.54) is 11.0 Å². The van der Waals surface area contributed by atoms with Crippen molar-refractivity contribution in [2.45, 2.75) is 44.7 Å². The van der Waals surface area contributed by atoms with Crippen LogP contribution in [0, 0.1) is 11.8 Å². The van der Waals surface area contributed by atoms with E-state index in [0.717, 1.165) is 24.2 Å². The lowest BCUT2D eigenvalue weighted by Crippen LogP contribution is -2.69. The molecule has 1 aliphatic heterocycles. The quantitative estimate of drug-likeness (QED) is 0.390. The van der Waals surface area contributed by atoms with Crippen molar-refractivity contribution in [1.82, 2.24) is 34.3 Å². The number of hydrogen-bond donors (Lipinski definition) is 3. The molecule has 2 atom stereocenters. The molecular formula is C23H26N8O2. The van der Waals surface area contributed by atoms with Crippen molar-refractivity contribution in [3.63, 3.8) is 0 Å². The molecule has 1 aliphatic rings. The standard InChI is InChI=1S/C23H26N8O2/c1-3-4-10-27-23(2)9-7-12-30(31-21(32)19-20(26-15-25-19)28-22(31)33)17(23)13-16-14-24-18-8-5-6-11-29(16)18/h5-6,8,11,14-15,17,27H,7,9-10,12-13H2,1-2H3,(H,25,26)(H,28,33). The molecule has 0 bridgehead atoms. The van der Waals surface area contributed by atoms with Crippen LogP contribution in [0.15, 0.2) is 46.5 Å². The normalized spacial score (nSPS) is 20.8. The first-order valence-electron chi connectivity index (χ1n) is 11.0. The predicted octanol–water partition coefficient (Wildman–Crippen LogP) is 0.775. The highest BCUT2D eigenvalue weighted by molar-refractivity contribution is 5.67. The molecule has 0 aliphatic carbocycles. The molecule has 0 spiro atoms. The number of nitrogens with one attached hydrogen (secondary N) is 3. The maximum atomic E-state index is 13.3. The summed E-state index contributed by atoms with van der Waals surface area (Å²) in [7, 11) is 0. The molecule has 1 saturated heterocycles. The Labute approximate surface area is 189 Å². The van der Waals surface area contributed by atoms with Crippen LogP contribution in [0.5, 0.6) is 0 Å². The zero-order chi connectivity index (χ0) is 23.0. The van der Waals surface area contributed by atoms with E-state index < -0.39 is 16.8 Å². The lowest BCUT2D eigenvalue weighted by Gasteiger charge is -2.49. The molecule has 170 valence electrons. The Bertz CT molecular complexity index is 1480. The Morgan fingerprint density at radius 1 is 1.30 bits per heavy atom. The third-order valence-corrected chi connectivity index (χ3v) is 6.55. The first-order chi connectivity index (χ1) is 16.0. The minimum absolute atomic E-state index is 0.204. The second-order valence-electron chi connectivity index (χ2n) is 8.54. The van der Waals surface area contributed by atoms with Crippen molar-refractivity contribution >= 4 is 16.8 Å². The number of hydrogen-bond acceptors (Lipinski definition) is 6. The third-order valence-electron chi connectivity index (χ3n) is 6.55. The number of piperidine rings is 1. The number of imidazole rings is 2. The predicted molar refractivity (Wildman–Crippen MR) is 126 cm³/mol. The molecule has 2 unspecified atom stereocenters. The van der Waals surface area contributed by atoms with Gasteiger partial charge >= 0.3 is 11.2 Å². The van der Waals surface area contributed by atoms with Gasteiger partial charge in [0.15, 0.2) is 11.2 Å². The highest BCUT2D eigenvalue weighted by Gasteiger charge is 2.42. The summed E-state index contributed by atoms with van der Waals surface area (Å²) in [4.78, 5) is 40.5. The molecule has 0 saturated carbocycles. The topological polar surface area (TPSA) is 116 Å². The van der Waals surface area contributed by atoms with Gasteiger partial charge in [-0.05, 0) is 38.8 Å². The molecule has 0 amide bonds. The Hall–Kier alpha value is -3.84. The van der Waals surface area contributed by atoms with Crippen LogP contribution < -0.4 is 21.6 Å². The fraction of sp³-hybridized carbons (Fsp3) is 0.391. The highest BCUT2D eigenvalue weighted by Crippen LogP contribution is 2.29. The van der Waals surface area contributed by atoms with Gasteiger partial charge in [-0.3, -0.25) is 15.1 Å². The van der Waals surface area contributed by atoms with E-state index in [-0.39, 0.29) is 17.2 Å². The van der Waals surface area contributed by atoms with Gasteiger partial charge in [0.25, 0.3) is 0 Å². The molecule has 4 aromatic rings. The first kappa shape index (κ1) is 21.0. The summed E-state index contributed by atoms with van der Waals surface area (Å²) in [5.41, 5.74) is 1.10. The van der Waals surface area contributed by atoms with Gasteiger partial charge < -0.3 is 14.4 Å². The molecule has 4 aromatic heterocycles. The van der Waals surface area contributed by atoms with E-state index >= 15 is 0 Å². The molecular weight excluding hydrogens is 420 g/mol. The van der Waals surface area contributed by atoms with Gasteiger partial charge in [-0.1, -0.05) is 12.0 Å². The second kappa shape index (κ2) is 8.26. The van der Waals surface area contributed by atoms with E-state index in [1.54, 1.807) is 0 Å². The first-order valence-corrected chi connectivity index (χ1v) is 11.0. The Morgan fingerprint density at radius 3 is 3.03 bits per heavy atom. The summed E-state index contributed by atoms with van der Waals surface area (Å²) in [5.74, 6) is 6.01. The zero-order valence-electron chi connectivity index (χ0n) is 18.6. The van der Waals surface area contributed by atoms with Crippen LogP contribution in [0.2, 0.25) is 0 Å². The number of fused-ring (bicyclic) bond motifs is 2. The second-order valence-corrected chi connectivity index (χ2v) is 8.54. The van der Waals surface area contributed by atoms with Crippen LogP contribution in [0.3, 0.4) is 0 Å². The van der Waals surface area contributed by atoms with Gasteiger partial charge in [0, 0.05) is 36.6 Å². The lowest BCUT2D eigenvalue weighted by atomic mass is 9.81. The summed E-state index contributed by atoms with van der Waals surface area (Å²) >= 11 is 0. The number of H-pyrrole nitrogens is 2. The molecule has 0 aromatic carbocycles. The summed E-state index contributed by atoms with van der Waals surface area (Å²) < 4.78 is 3.27. The monoisotopic (exact) mass is 446 g/mol. The largest absolute Gasteiger partial charge is 0.349 e. The average molecular weight is 447 g/mol. The molecule has 1 fully saturated rings. The fourth-order valence-corrected chi connectivity index (χ4v) is 4.84. The minimum atomic E-state index is -0.500. The van der Waals surface area contributed by atoms with Crippen molar-refractivity contribution in [2.24, 2.45) is 0 Å². The van der Waals surface area contributed by atoms with Crippen molar-refractivity contribution in [2.75, 3.05) is 18.1 Å². The van der Waals surface area contributed by atoms with Crippen LogP contribution in [-0.4, -0.2) is 53.7 Å². The van der Waals surface area contributed by atoms with Gasteiger partial charge in [-0.2, -0.15) is 4.68 Å². The zero-order valence-corrected chi connectivity index (χ0v) is 18.6. The van der Waals surface area contributed by atoms with E-state index in [4.69, 9.17) is 0 Å². The van der Waals surface area contributed by atoms with Crippen molar-refractivity contribution in [3.8, 4) is 11.8 Å². The molecule has 3 N–H and O–H groups in total. The molecule has 10 nitrogen and oxygen atoms in total. The number of aromatic amines is 2. The summed E-state index contributed by atoms with van der Waals surface area (Å²) in [6.45, 7) is 5.04. The maximum Gasteiger partial charge on any atom is 0.349 e. The van der Waals surface area contributed by atoms with E-state index in [2.05, 4.69) is 44.0 Å². The minimum Gasteiger partial charge on any atom is -0.339 e. The van der Waals surface area contributed by atoms with E-state index in [0.29, 0.717) is 19.5 Å². The van der Waals surface area contributed by atoms with E-state index in [9.17, 15) is 9.59 Å². The number of pyridine rings is 1. The SMILES string of the molecule is CC#CCNC1(C)CCCN(n2c(=O)[nH]c3nc[nH]c3c2=O)C1Cc1cnc2ccccn12. The summed E-state index contributed by atoms with van der Waals surface area (Å²) in [6.07, 6.45) is 7.54. The van der Waals surface area contributed by atoms with Crippen LogP contribution in [0.25, 0.3) is 16.8 Å². The molecule has 5 rings (SSSR count). The Kier molecular flexibility index (Phi) is 5.26. The van der Waals surface area contributed by atoms with Crippen LogP contribution in [0.1, 0.15) is 32.4 Å². The molecule has 5 heterocycles. The summed E-state index contributed by atoms with van der Waals surface area (Å²) in [6, 6.07) is 5.67. The number of nitrogens with zero attached hydrogens (tertiary/aromatic N) is 5. The van der Waals surface area contributed by atoms with Gasteiger partial charge in [0.05, 0.1) is 18.9 Å². The van der Waals surface area contributed by atoms with Gasteiger partial charge in [-0.15, -0.1) is 5.92 Å². The smallest absolute Gasteiger partial charge is 0.339 e. The van der Waals surface area contributed by atoms with Gasteiger partial charge in [-0.25, -0.2) is 14.8 Å². The van der Waals surface area contributed by atoms with Crippen LogP contribution in [-0.2, 0) is 6.42 Å². The maximum absolute atomic E-state index is 13.3. The average Bonchev–Trinajstić information content (AvgIpc) is 3.43. The Morgan fingerprint density at radius 2 is 2.18 bits per heavy atom. The molecule has 0 radical (unpaired) electrons. The number of rotatable bonds is 5. The van der Waals surface area contributed by atoms with Crippen LogP contribution in [0.4, 0.5) is 0 Å². The molecule has 33 heavy (non-hydrogen) atoms. The number of aromatic nitrogens is 6. The molecule has 10 heteroatoms. The van der Waals surface area contributed by atoms with E-state index in [1.807, 2.05) is 46.9 Å². The van der Waals surface area contributed by atoms with Crippen molar-refractivity contribution in [3.05, 3.63) is 63.5 Å². The third kappa shape index (κ3) is 3.60. The van der Waals surface area contributed by atoms with Crippen molar-refractivity contribution < 1.29 is 0 Å². The summed E-state index contributed by atoms with van der Waals surface area (Å²) in [5, 5.41) is 5.48.